The molecule has 1 aromatic carbocycles. The minimum atomic E-state index is -0.358. The van der Waals surface area contributed by atoms with Gasteiger partial charge in [0.1, 0.15) is 0 Å². The number of aliphatic hydroxyl groups is 1. The second-order valence-electron chi connectivity index (χ2n) is 11.1. The van der Waals surface area contributed by atoms with E-state index in [9.17, 15) is 14.7 Å². The SMILES string of the molecule is C[C@H](CO)N1C[C@H](C)[C@H](CN(C)C(=O)Nc2ccc(C(C)(C)C)cc2)OCc2cnnn2CCCC1=O. The topological polar surface area (TPSA) is 113 Å². The maximum absolute atomic E-state index is 13.0. The van der Waals surface area contributed by atoms with Crippen molar-refractivity contribution < 1.29 is 19.4 Å². The van der Waals surface area contributed by atoms with Gasteiger partial charge in [-0.25, -0.2) is 9.48 Å². The van der Waals surface area contributed by atoms with E-state index < -0.39 is 0 Å². The number of ether oxygens (including phenoxy) is 1. The minimum Gasteiger partial charge on any atom is -0.394 e. The number of aliphatic hydroxyl groups excluding tert-OH is 1. The van der Waals surface area contributed by atoms with E-state index in [1.165, 1.54) is 5.56 Å². The van der Waals surface area contributed by atoms with E-state index in [0.29, 0.717) is 39.1 Å². The second-order valence-corrected chi connectivity index (χ2v) is 11.1. The molecule has 3 rings (SSSR count). The van der Waals surface area contributed by atoms with Crippen molar-refractivity contribution in [2.24, 2.45) is 5.92 Å². The van der Waals surface area contributed by atoms with Crippen molar-refractivity contribution >= 4 is 17.6 Å². The number of hydrogen-bond acceptors (Lipinski definition) is 6. The summed E-state index contributed by atoms with van der Waals surface area (Å²) < 4.78 is 8.07. The zero-order valence-corrected chi connectivity index (χ0v) is 23.0. The number of rotatable bonds is 5. The van der Waals surface area contributed by atoms with E-state index in [1.54, 1.807) is 27.7 Å². The van der Waals surface area contributed by atoms with Gasteiger partial charge in [0.2, 0.25) is 5.91 Å². The molecule has 204 valence electrons. The largest absolute Gasteiger partial charge is 0.394 e. The molecule has 0 aliphatic carbocycles. The number of carbonyl (C=O) groups is 2. The van der Waals surface area contributed by atoms with Crippen LogP contribution in [0.15, 0.2) is 30.5 Å². The molecule has 37 heavy (non-hydrogen) atoms. The van der Waals surface area contributed by atoms with Crippen LogP contribution >= 0.6 is 0 Å². The van der Waals surface area contributed by atoms with Gasteiger partial charge in [-0.05, 0) is 36.5 Å². The quantitative estimate of drug-likeness (QED) is 0.633. The lowest BCUT2D eigenvalue weighted by molar-refractivity contribution is -0.136. The number of nitrogens with one attached hydrogen (secondary N) is 1. The van der Waals surface area contributed by atoms with Crippen LogP contribution < -0.4 is 5.32 Å². The number of fused-ring (bicyclic) bond motifs is 1. The third-order valence-electron chi connectivity index (χ3n) is 6.94. The van der Waals surface area contributed by atoms with Crippen LogP contribution in [0.3, 0.4) is 0 Å². The molecule has 2 aromatic rings. The van der Waals surface area contributed by atoms with Crippen molar-refractivity contribution in [3.05, 3.63) is 41.7 Å². The van der Waals surface area contributed by atoms with Crippen molar-refractivity contribution in [2.45, 2.75) is 78.2 Å². The number of benzene rings is 1. The first-order valence-electron chi connectivity index (χ1n) is 13.0. The summed E-state index contributed by atoms with van der Waals surface area (Å²) in [6.07, 6.45) is 2.30. The highest BCUT2D eigenvalue weighted by atomic mass is 16.5. The van der Waals surface area contributed by atoms with Crippen molar-refractivity contribution in [3.8, 4) is 0 Å². The molecule has 1 aliphatic heterocycles. The van der Waals surface area contributed by atoms with E-state index >= 15 is 0 Å². The van der Waals surface area contributed by atoms with E-state index in [0.717, 1.165) is 11.4 Å². The monoisotopic (exact) mass is 514 g/mol. The van der Waals surface area contributed by atoms with Gasteiger partial charge in [-0.2, -0.15) is 0 Å². The zero-order chi connectivity index (χ0) is 27.2. The summed E-state index contributed by atoms with van der Waals surface area (Å²) in [6.45, 7) is 11.8. The van der Waals surface area contributed by atoms with Crippen LogP contribution in [0.5, 0.6) is 0 Å². The van der Waals surface area contributed by atoms with Gasteiger partial charge in [0, 0.05) is 44.7 Å². The Morgan fingerprint density at radius 2 is 2.00 bits per heavy atom. The fraction of sp³-hybridized carbons (Fsp3) is 0.630. The fourth-order valence-electron chi connectivity index (χ4n) is 4.37. The fourth-order valence-corrected chi connectivity index (χ4v) is 4.37. The number of aryl methyl sites for hydroxylation is 1. The Balaban J connectivity index is 1.74. The summed E-state index contributed by atoms with van der Waals surface area (Å²) in [7, 11) is 1.73. The molecular weight excluding hydrogens is 472 g/mol. The van der Waals surface area contributed by atoms with E-state index in [4.69, 9.17) is 4.74 Å². The maximum atomic E-state index is 13.0. The normalized spacial score (nSPS) is 20.4. The standard InChI is InChI=1S/C27H42N6O4/c1-19-15-32(20(2)17-34)25(35)8-7-13-33-23(14-28-30-33)18-37-24(19)16-31(6)26(36)29-22-11-9-21(10-12-22)27(3,4)5/h9-12,14,19-20,24,34H,7-8,13,15-18H2,1-6H3,(H,29,36)/t19-,20+,24-/m0/s1. The third kappa shape index (κ3) is 7.75. The van der Waals surface area contributed by atoms with Crippen LogP contribution in [0, 0.1) is 5.92 Å². The van der Waals surface area contributed by atoms with E-state index in [1.807, 2.05) is 38.1 Å². The Kier molecular flexibility index (Phi) is 9.67. The maximum Gasteiger partial charge on any atom is 0.321 e. The summed E-state index contributed by atoms with van der Waals surface area (Å²) in [4.78, 5) is 29.3. The van der Waals surface area contributed by atoms with Gasteiger partial charge in [0.05, 0.1) is 37.3 Å². The van der Waals surface area contributed by atoms with E-state index in [-0.39, 0.29) is 42.0 Å². The Morgan fingerprint density at radius 1 is 1.30 bits per heavy atom. The molecule has 0 saturated heterocycles. The molecule has 1 aliphatic rings. The summed E-state index contributed by atoms with van der Waals surface area (Å²) in [5.74, 6) is -0.109. The lowest BCUT2D eigenvalue weighted by Crippen LogP contribution is -2.48. The molecule has 2 heterocycles. The number of anilines is 1. The summed E-state index contributed by atoms with van der Waals surface area (Å²) in [6, 6.07) is 7.33. The molecule has 0 spiro atoms. The lowest BCUT2D eigenvalue weighted by Gasteiger charge is -2.35. The van der Waals surface area contributed by atoms with Crippen LogP contribution in [-0.2, 0) is 28.1 Å². The van der Waals surface area contributed by atoms with Crippen molar-refractivity contribution in [2.75, 3.05) is 32.1 Å². The first kappa shape index (κ1) is 28.6. The van der Waals surface area contributed by atoms with Gasteiger partial charge >= 0.3 is 6.03 Å². The molecule has 0 fully saturated rings. The first-order valence-corrected chi connectivity index (χ1v) is 13.0. The van der Waals surface area contributed by atoms with Gasteiger partial charge in [0.25, 0.3) is 0 Å². The number of amides is 3. The molecule has 0 bridgehead atoms. The number of hydrogen-bond donors (Lipinski definition) is 2. The van der Waals surface area contributed by atoms with Crippen LogP contribution in [0.2, 0.25) is 0 Å². The van der Waals surface area contributed by atoms with Crippen molar-refractivity contribution in [1.82, 2.24) is 24.8 Å². The predicted octanol–water partition coefficient (Wildman–Crippen LogP) is 3.26. The highest BCUT2D eigenvalue weighted by Crippen LogP contribution is 2.24. The van der Waals surface area contributed by atoms with Gasteiger partial charge < -0.3 is 25.0 Å². The molecule has 2 N–H and O–H groups in total. The Labute approximate surface area is 220 Å². The average Bonchev–Trinajstić information content (AvgIpc) is 3.30. The van der Waals surface area contributed by atoms with Crippen LogP contribution in [0.1, 0.15) is 58.7 Å². The van der Waals surface area contributed by atoms with Crippen molar-refractivity contribution in [1.29, 1.82) is 0 Å². The number of likely N-dealkylation sites (N-methyl/N-ethyl adjacent to an activating group) is 1. The number of nitrogens with zero attached hydrogens (tertiary/aromatic N) is 5. The Hall–Kier alpha value is -2.98. The molecule has 10 heteroatoms. The molecule has 3 amide bonds. The number of urea groups is 1. The lowest BCUT2D eigenvalue weighted by atomic mass is 9.87. The molecule has 0 unspecified atom stereocenters. The number of aromatic nitrogens is 3. The average molecular weight is 515 g/mol. The Morgan fingerprint density at radius 3 is 2.65 bits per heavy atom. The first-order chi connectivity index (χ1) is 17.5. The smallest absolute Gasteiger partial charge is 0.321 e. The third-order valence-corrected chi connectivity index (χ3v) is 6.94. The summed E-state index contributed by atoms with van der Waals surface area (Å²) in [5, 5.41) is 20.8. The molecular formula is C27H42N6O4. The van der Waals surface area contributed by atoms with Crippen LogP contribution in [-0.4, -0.2) is 80.7 Å². The molecule has 3 atom stereocenters. The molecule has 0 radical (unpaired) electrons. The number of carbonyl (C=O) groups excluding carboxylic acids is 2. The molecule has 0 saturated carbocycles. The second kappa shape index (κ2) is 12.5. The summed E-state index contributed by atoms with van der Waals surface area (Å²) in [5.41, 5.74) is 2.78. The predicted molar refractivity (Wildman–Crippen MR) is 142 cm³/mol. The van der Waals surface area contributed by atoms with Crippen LogP contribution in [0.25, 0.3) is 0 Å². The highest BCUT2D eigenvalue weighted by Gasteiger charge is 2.29. The van der Waals surface area contributed by atoms with Gasteiger partial charge in [-0.3, -0.25) is 4.79 Å². The Bertz CT molecular complexity index is 1030. The minimum absolute atomic E-state index is 0.0146. The van der Waals surface area contributed by atoms with Crippen LogP contribution in [0.4, 0.5) is 10.5 Å². The van der Waals surface area contributed by atoms with Gasteiger partial charge in [0.15, 0.2) is 0 Å². The summed E-state index contributed by atoms with van der Waals surface area (Å²) >= 11 is 0. The molecule has 10 nitrogen and oxygen atoms in total. The van der Waals surface area contributed by atoms with Gasteiger partial charge in [-0.15, -0.1) is 5.10 Å². The van der Waals surface area contributed by atoms with E-state index in [2.05, 4.69) is 36.4 Å². The van der Waals surface area contributed by atoms with Gasteiger partial charge in [-0.1, -0.05) is 45.0 Å². The molecule has 1 aromatic heterocycles. The van der Waals surface area contributed by atoms with Crippen molar-refractivity contribution in [3.63, 3.8) is 0 Å². The zero-order valence-electron chi connectivity index (χ0n) is 23.0. The highest BCUT2D eigenvalue weighted by molar-refractivity contribution is 5.89.